The summed E-state index contributed by atoms with van der Waals surface area (Å²) in [4.78, 5) is 0. The molecule has 0 bridgehead atoms. The molecular weight excluding hydrogens is 198 g/mol. The molecule has 1 aliphatic rings. The minimum atomic E-state index is -0.435. The highest BCUT2D eigenvalue weighted by Crippen LogP contribution is 2.38. The predicted molar refractivity (Wildman–Crippen MR) is 65.9 cm³/mol. The third-order valence-electron chi connectivity index (χ3n) is 3.94. The van der Waals surface area contributed by atoms with Crippen LogP contribution in [0.3, 0.4) is 0 Å². The van der Waals surface area contributed by atoms with E-state index < -0.39 is 11.5 Å². The normalized spacial score (nSPS) is 22.8. The molecule has 1 saturated carbocycles. The van der Waals surface area contributed by atoms with E-state index in [2.05, 4.69) is 13.0 Å². The van der Waals surface area contributed by atoms with Crippen molar-refractivity contribution in [2.24, 2.45) is 5.41 Å². The highest BCUT2D eigenvalue weighted by molar-refractivity contribution is 5.03. The van der Waals surface area contributed by atoms with Crippen molar-refractivity contribution < 1.29 is 5.11 Å². The number of nitriles is 1. The molecule has 1 atom stereocenters. The minimum Gasteiger partial charge on any atom is -0.391 e. The van der Waals surface area contributed by atoms with E-state index in [-0.39, 0.29) is 0 Å². The predicted octanol–water partition coefficient (Wildman–Crippen LogP) is 3.79. The largest absolute Gasteiger partial charge is 0.391 e. The Bertz CT molecular complexity index is 223. The number of hydrogen-bond acceptors (Lipinski definition) is 2. The van der Waals surface area contributed by atoms with Crippen molar-refractivity contribution >= 4 is 0 Å². The van der Waals surface area contributed by atoms with E-state index in [0.717, 1.165) is 44.9 Å². The third kappa shape index (κ3) is 3.49. The first kappa shape index (κ1) is 13.5. The maximum Gasteiger partial charge on any atom is 0.0832 e. The number of nitrogens with zero attached hydrogens (tertiary/aromatic N) is 1. The standard InChI is InChI=1S/C14H25NO/c1-2-3-9-13(16)14(12-15)10-7-5-4-6-8-11-14/h13,16H,2-11H2,1H3. The van der Waals surface area contributed by atoms with Crippen molar-refractivity contribution in [2.45, 2.75) is 77.2 Å². The monoisotopic (exact) mass is 223 g/mol. The molecule has 2 nitrogen and oxygen atoms in total. The van der Waals surface area contributed by atoms with Crippen molar-refractivity contribution in [2.75, 3.05) is 0 Å². The molecule has 1 fully saturated rings. The summed E-state index contributed by atoms with van der Waals surface area (Å²) in [5.74, 6) is 0. The Balaban J connectivity index is 2.61. The van der Waals surface area contributed by atoms with Crippen LogP contribution in [0.25, 0.3) is 0 Å². The van der Waals surface area contributed by atoms with Gasteiger partial charge in [-0.15, -0.1) is 0 Å². The Kier molecular flexibility index (Phi) is 5.84. The smallest absolute Gasteiger partial charge is 0.0832 e. The Morgan fingerprint density at radius 1 is 1.19 bits per heavy atom. The zero-order valence-corrected chi connectivity index (χ0v) is 10.5. The van der Waals surface area contributed by atoms with E-state index in [1.54, 1.807) is 0 Å². The van der Waals surface area contributed by atoms with Gasteiger partial charge in [0.2, 0.25) is 0 Å². The maximum atomic E-state index is 10.2. The van der Waals surface area contributed by atoms with Gasteiger partial charge in [0.25, 0.3) is 0 Å². The lowest BCUT2D eigenvalue weighted by Gasteiger charge is -2.33. The Hall–Kier alpha value is -0.550. The van der Waals surface area contributed by atoms with Crippen LogP contribution in [-0.4, -0.2) is 11.2 Å². The molecule has 0 radical (unpaired) electrons. The maximum absolute atomic E-state index is 10.2. The lowest BCUT2D eigenvalue weighted by atomic mass is 9.72. The van der Waals surface area contributed by atoms with Gasteiger partial charge < -0.3 is 5.11 Å². The van der Waals surface area contributed by atoms with Crippen LogP contribution in [0.2, 0.25) is 0 Å². The Morgan fingerprint density at radius 2 is 1.75 bits per heavy atom. The van der Waals surface area contributed by atoms with Crippen LogP contribution in [-0.2, 0) is 0 Å². The number of hydrogen-bond donors (Lipinski definition) is 1. The van der Waals surface area contributed by atoms with Gasteiger partial charge >= 0.3 is 0 Å². The van der Waals surface area contributed by atoms with E-state index in [9.17, 15) is 10.4 Å². The second-order valence-corrected chi connectivity index (χ2v) is 5.19. The van der Waals surface area contributed by atoms with E-state index in [1.165, 1.54) is 19.3 Å². The quantitative estimate of drug-likeness (QED) is 0.788. The number of aliphatic hydroxyl groups excluding tert-OH is 1. The van der Waals surface area contributed by atoms with Gasteiger partial charge in [0.15, 0.2) is 0 Å². The summed E-state index contributed by atoms with van der Waals surface area (Å²) in [6, 6.07) is 2.44. The highest BCUT2D eigenvalue weighted by atomic mass is 16.3. The summed E-state index contributed by atoms with van der Waals surface area (Å²) in [5, 5.41) is 19.7. The summed E-state index contributed by atoms with van der Waals surface area (Å²) in [7, 11) is 0. The summed E-state index contributed by atoms with van der Waals surface area (Å²) in [5.41, 5.74) is -0.435. The van der Waals surface area contributed by atoms with E-state index in [1.807, 2.05) is 0 Å². The summed E-state index contributed by atoms with van der Waals surface area (Å²) in [6.45, 7) is 2.13. The first-order valence-electron chi connectivity index (χ1n) is 6.84. The molecule has 1 unspecified atom stereocenters. The fourth-order valence-corrected chi connectivity index (χ4v) is 2.73. The van der Waals surface area contributed by atoms with Crippen molar-refractivity contribution in [1.82, 2.24) is 0 Å². The van der Waals surface area contributed by atoms with Gasteiger partial charge in [-0.3, -0.25) is 0 Å². The molecule has 92 valence electrons. The Labute approximate surface area is 99.7 Å². The number of aliphatic hydroxyl groups is 1. The van der Waals surface area contributed by atoms with Gasteiger partial charge in [-0.1, -0.05) is 51.9 Å². The van der Waals surface area contributed by atoms with Crippen LogP contribution in [0.4, 0.5) is 0 Å². The van der Waals surface area contributed by atoms with Crippen LogP contribution in [0, 0.1) is 16.7 Å². The molecule has 0 aromatic rings. The van der Waals surface area contributed by atoms with Crippen molar-refractivity contribution in [1.29, 1.82) is 5.26 Å². The second kappa shape index (κ2) is 6.91. The van der Waals surface area contributed by atoms with Gasteiger partial charge in [-0.05, 0) is 19.3 Å². The minimum absolute atomic E-state index is 0.407. The number of rotatable bonds is 4. The van der Waals surface area contributed by atoms with Gasteiger partial charge in [0, 0.05) is 0 Å². The molecule has 1 rings (SSSR count). The Morgan fingerprint density at radius 3 is 2.25 bits per heavy atom. The van der Waals surface area contributed by atoms with E-state index in [0.29, 0.717) is 0 Å². The fraction of sp³-hybridized carbons (Fsp3) is 0.929. The molecule has 1 aliphatic carbocycles. The fourth-order valence-electron chi connectivity index (χ4n) is 2.73. The molecule has 16 heavy (non-hydrogen) atoms. The molecule has 0 aromatic heterocycles. The van der Waals surface area contributed by atoms with E-state index in [4.69, 9.17) is 0 Å². The van der Waals surface area contributed by atoms with Gasteiger partial charge in [0.1, 0.15) is 0 Å². The lowest BCUT2D eigenvalue weighted by Crippen LogP contribution is -2.34. The average Bonchev–Trinajstić information content (AvgIpc) is 2.26. The zero-order chi connectivity index (χ0) is 11.9. The van der Waals surface area contributed by atoms with E-state index >= 15 is 0 Å². The van der Waals surface area contributed by atoms with Crippen molar-refractivity contribution in [3.8, 4) is 6.07 Å². The van der Waals surface area contributed by atoms with Crippen molar-refractivity contribution in [3.63, 3.8) is 0 Å². The summed E-state index contributed by atoms with van der Waals surface area (Å²) >= 11 is 0. The summed E-state index contributed by atoms with van der Waals surface area (Å²) in [6.07, 6.45) is 10.3. The van der Waals surface area contributed by atoms with Crippen LogP contribution in [0.15, 0.2) is 0 Å². The van der Waals surface area contributed by atoms with Gasteiger partial charge in [0.05, 0.1) is 17.6 Å². The number of unbranched alkanes of at least 4 members (excludes halogenated alkanes) is 1. The van der Waals surface area contributed by atoms with Crippen molar-refractivity contribution in [3.05, 3.63) is 0 Å². The molecular formula is C14H25NO. The van der Waals surface area contributed by atoms with Crippen LogP contribution in [0.5, 0.6) is 0 Å². The molecule has 0 saturated heterocycles. The summed E-state index contributed by atoms with van der Waals surface area (Å²) < 4.78 is 0. The molecule has 0 amide bonds. The third-order valence-corrected chi connectivity index (χ3v) is 3.94. The SMILES string of the molecule is CCCCC(O)C1(C#N)CCCCCCC1. The van der Waals surface area contributed by atoms with Crippen LogP contribution < -0.4 is 0 Å². The first-order chi connectivity index (χ1) is 7.75. The highest BCUT2D eigenvalue weighted by Gasteiger charge is 2.37. The van der Waals surface area contributed by atoms with Gasteiger partial charge in [-0.2, -0.15) is 5.26 Å². The van der Waals surface area contributed by atoms with Gasteiger partial charge in [-0.25, -0.2) is 0 Å². The molecule has 0 aliphatic heterocycles. The van der Waals surface area contributed by atoms with Crippen LogP contribution in [0.1, 0.15) is 71.1 Å². The molecule has 2 heteroatoms. The second-order valence-electron chi connectivity index (χ2n) is 5.19. The molecule has 0 heterocycles. The first-order valence-corrected chi connectivity index (χ1v) is 6.84. The average molecular weight is 223 g/mol. The zero-order valence-electron chi connectivity index (χ0n) is 10.5. The molecule has 0 spiro atoms. The topological polar surface area (TPSA) is 44.0 Å². The molecule has 1 N–H and O–H groups in total. The molecule has 0 aromatic carbocycles. The van der Waals surface area contributed by atoms with Crippen LogP contribution >= 0.6 is 0 Å². The lowest BCUT2D eigenvalue weighted by molar-refractivity contribution is 0.0362.